The van der Waals surface area contributed by atoms with E-state index in [1.54, 1.807) is 0 Å². The lowest BCUT2D eigenvalue weighted by Gasteiger charge is -2.11. The number of rotatable bonds is 5. The van der Waals surface area contributed by atoms with Gasteiger partial charge in [0.25, 0.3) is 0 Å². The van der Waals surface area contributed by atoms with Crippen molar-refractivity contribution in [3.63, 3.8) is 0 Å². The van der Waals surface area contributed by atoms with E-state index in [-0.39, 0.29) is 10.2 Å². The molecule has 0 spiro atoms. The second kappa shape index (κ2) is 6.19. The van der Waals surface area contributed by atoms with E-state index in [1.165, 1.54) is 6.07 Å². The Hall–Kier alpha value is -1.36. The summed E-state index contributed by atoms with van der Waals surface area (Å²) in [4.78, 5) is 0. The van der Waals surface area contributed by atoms with E-state index in [9.17, 15) is 8.78 Å². The number of aryl methyl sites for hydroxylation is 1. The average Bonchev–Trinajstić information content (AvgIpc) is 2.80. The minimum Gasteiger partial charge on any atom is -0.377 e. The molecule has 0 fully saturated rings. The van der Waals surface area contributed by atoms with Crippen molar-refractivity contribution in [3.8, 4) is 0 Å². The summed E-state index contributed by atoms with van der Waals surface area (Å²) in [5.41, 5.74) is 1.36. The van der Waals surface area contributed by atoms with E-state index >= 15 is 0 Å². The number of halogens is 3. The largest absolute Gasteiger partial charge is 0.377 e. The summed E-state index contributed by atoms with van der Waals surface area (Å²) in [6.45, 7) is 3.54. The maximum Gasteiger partial charge on any atom is 0.149 e. The predicted octanol–water partition coefficient (Wildman–Crippen LogP) is 4.55. The molecule has 0 bridgehead atoms. The lowest BCUT2D eigenvalue weighted by molar-refractivity contribution is 0.580. The second-order valence-corrected chi connectivity index (χ2v) is 5.15. The van der Waals surface area contributed by atoms with E-state index in [0.717, 1.165) is 24.7 Å². The molecular formula is C14H15BrF2N2. The molecule has 2 aromatic rings. The highest BCUT2D eigenvalue weighted by Crippen LogP contribution is 2.24. The van der Waals surface area contributed by atoms with Crippen LogP contribution in [0.4, 0.5) is 14.5 Å². The molecule has 1 aromatic carbocycles. The van der Waals surface area contributed by atoms with Gasteiger partial charge in [0.1, 0.15) is 11.6 Å². The van der Waals surface area contributed by atoms with E-state index in [1.807, 2.05) is 18.3 Å². The molecule has 19 heavy (non-hydrogen) atoms. The third-order valence-corrected chi connectivity index (χ3v) is 3.47. The average molecular weight is 329 g/mol. The van der Waals surface area contributed by atoms with Crippen LogP contribution in [-0.4, -0.2) is 4.57 Å². The van der Waals surface area contributed by atoms with Crippen LogP contribution < -0.4 is 5.32 Å². The number of aromatic nitrogens is 1. The minimum atomic E-state index is -0.600. The maximum absolute atomic E-state index is 13.6. The topological polar surface area (TPSA) is 17.0 Å². The Kier molecular flexibility index (Phi) is 4.58. The van der Waals surface area contributed by atoms with Gasteiger partial charge in [0.15, 0.2) is 0 Å². The van der Waals surface area contributed by atoms with Crippen LogP contribution >= 0.6 is 15.9 Å². The fraction of sp³-hybridized carbons (Fsp3) is 0.286. The van der Waals surface area contributed by atoms with Crippen LogP contribution in [0.15, 0.2) is 34.9 Å². The molecular weight excluding hydrogens is 314 g/mol. The van der Waals surface area contributed by atoms with Gasteiger partial charge < -0.3 is 9.88 Å². The molecule has 5 heteroatoms. The Morgan fingerprint density at radius 2 is 2.05 bits per heavy atom. The molecule has 1 N–H and O–H groups in total. The molecule has 2 rings (SSSR count). The van der Waals surface area contributed by atoms with Crippen molar-refractivity contribution >= 4 is 21.6 Å². The lowest BCUT2D eigenvalue weighted by Crippen LogP contribution is -2.08. The van der Waals surface area contributed by atoms with Gasteiger partial charge in [-0.15, -0.1) is 0 Å². The van der Waals surface area contributed by atoms with Gasteiger partial charge in [0.05, 0.1) is 16.7 Å². The standard InChI is InChI=1S/C14H15BrF2N2/c1-2-5-19-6-3-4-10(19)9-18-14-7-11(15)12(16)8-13(14)17/h3-4,6-8,18H,2,5,9H2,1H3. The van der Waals surface area contributed by atoms with E-state index in [4.69, 9.17) is 0 Å². The van der Waals surface area contributed by atoms with Crippen molar-refractivity contribution < 1.29 is 8.78 Å². The summed E-state index contributed by atoms with van der Waals surface area (Å²) >= 11 is 3.05. The Morgan fingerprint density at radius 1 is 1.26 bits per heavy atom. The Labute approximate surface area is 119 Å². The fourth-order valence-electron chi connectivity index (χ4n) is 1.91. The number of hydrogen-bond acceptors (Lipinski definition) is 1. The summed E-state index contributed by atoms with van der Waals surface area (Å²) in [5.74, 6) is -1.19. The normalized spacial score (nSPS) is 10.7. The van der Waals surface area contributed by atoms with Crippen molar-refractivity contribution in [2.24, 2.45) is 0 Å². The van der Waals surface area contributed by atoms with Gasteiger partial charge >= 0.3 is 0 Å². The highest BCUT2D eigenvalue weighted by Gasteiger charge is 2.08. The first-order chi connectivity index (χ1) is 9.11. The van der Waals surface area contributed by atoms with Gasteiger partial charge in [-0.2, -0.15) is 0 Å². The van der Waals surface area contributed by atoms with Crippen LogP contribution in [0, 0.1) is 11.6 Å². The molecule has 0 atom stereocenters. The van der Waals surface area contributed by atoms with Gasteiger partial charge in [-0.05, 0) is 40.5 Å². The van der Waals surface area contributed by atoms with Gasteiger partial charge in [0.2, 0.25) is 0 Å². The molecule has 0 aliphatic rings. The maximum atomic E-state index is 13.6. The predicted molar refractivity (Wildman–Crippen MR) is 76.1 cm³/mol. The van der Waals surface area contributed by atoms with E-state index < -0.39 is 11.6 Å². The van der Waals surface area contributed by atoms with Crippen LogP contribution in [-0.2, 0) is 13.1 Å². The van der Waals surface area contributed by atoms with Crippen LogP contribution in [0.2, 0.25) is 0 Å². The van der Waals surface area contributed by atoms with Crippen LogP contribution in [0.3, 0.4) is 0 Å². The van der Waals surface area contributed by atoms with Crippen molar-refractivity contribution in [2.75, 3.05) is 5.32 Å². The van der Waals surface area contributed by atoms with Crippen molar-refractivity contribution in [2.45, 2.75) is 26.4 Å². The third-order valence-electron chi connectivity index (χ3n) is 2.86. The molecule has 0 aliphatic carbocycles. The van der Waals surface area contributed by atoms with E-state index in [0.29, 0.717) is 6.54 Å². The fourth-order valence-corrected chi connectivity index (χ4v) is 2.26. The first-order valence-electron chi connectivity index (χ1n) is 6.14. The van der Waals surface area contributed by atoms with Crippen molar-refractivity contribution in [3.05, 3.63) is 52.3 Å². The minimum absolute atomic E-state index is 0.250. The zero-order valence-corrected chi connectivity index (χ0v) is 12.2. The molecule has 0 radical (unpaired) electrons. The Balaban J connectivity index is 2.10. The number of nitrogens with zero attached hydrogens (tertiary/aromatic N) is 1. The summed E-state index contributed by atoms with van der Waals surface area (Å²) in [5, 5.41) is 2.99. The first-order valence-corrected chi connectivity index (χ1v) is 6.93. The lowest BCUT2D eigenvalue weighted by atomic mass is 10.3. The van der Waals surface area contributed by atoms with Crippen LogP contribution in [0.1, 0.15) is 19.0 Å². The van der Waals surface area contributed by atoms with Crippen LogP contribution in [0.25, 0.3) is 0 Å². The second-order valence-electron chi connectivity index (χ2n) is 4.29. The summed E-state index contributed by atoms with van der Waals surface area (Å²) in [7, 11) is 0. The highest BCUT2D eigenvalue weighted by atomic mass is 79.9. The van der Waals surface area contributed by atoms with Gasteiger partial charge in [0, 0.05) is 24.5 Å². The first kappa shape index (κ1) is 14.1. The highest BCUT2D eigenvalue weighted by molar-refractivity contribution is 9.10. The number of nitrogens with one attached hydrogen (secondary N) is 1. The summed E-state index contributed by atoms with van der Waals surface area (Å²) < 4.78 is 29.1. The third kappa shape index (κ3) is 3.35. The molecule has 102 valence electrons. The van der Waals surface area contributed by atoms with Gasteiger partial charge in [-0.25, -0.2) is 8.78 Å². The Morgan fingerprint density at radius 3 is 2.79 bits per heavy atom. The summed E-state index contributed by atoms with van der Waals surface area (Å²) in [6, 6.07) is 6.23. The van der Waals surface area contributed by atoms with Gasteiger partial charge in [-0.1, -0.05) is 6.92 Å². The zero-order valence-electron chi connectivity index (χ0n) is 10.6. The molecule has 0 amide bonds. The molecule has 0 unspecified atom stereocenters. The SMILES string of the molecule is CCCn1cccc1CNc1cc(Br)c(F)cc1F. The molecule has 0 aliphatic heterocycles. The zero-order chi connectivity index (χ0) is 13.8. The number of hydrogen-bond donors (Lipinski definition) is 1. The molecule has 0 saturated heterocycles. The van der Waals surface area contributed by atoms with Crippen molar-refractivity contribution in [1.82, 2.24) is 4.57 Å². The quantitative estimate of drug-likeness (QED) is 0.796. The Bertz CT molecular complexity index is 567. The smallest absolute Gasteiger partial charge is 0.149 e. The molecule has 2 nitrogen and oxygen atoms in total. The van der Waals surface area contributed by atoms with Gasteiger partial charge in [-0.3, -0.25) is 0 Å². The van der Waals surface area contributed by atoms with E-state index in [2.05, 4.69) is 32.7 Å². The van der Waals surface area contributed by atoms with Crippen molar-refractivity contribution in [1.29, 1.82) is 0 Å². The molecule has 1 aromatic heterocycles. The molecule has 0 saturated carbocycles. The monoisotopic (exact) mass is 328 g/mol. The number of benzene rings is 1. The van der Waals surface area contributed by atoms with Crippen LogP contribution in [0.5, 0.6) is 0 Å². The summed E-state index contributed by atoms with van der Waals surface area (Å²) in [6.07, 6.45) is 3.04. The number of anilines is 1. The molecule has 1 heterocycles.